The van der Waals surface area contributed by atoms with Gasteiger partial charge in [0.2, 0.25) is 0 Å². The molecule has 0 spiro atoms. The van der Waals surface area contributed by atoms with Gasteiger partial charge in [0, 0.05) is 0 Å². The van der Waals surface area contributed by atoms with Gasteiger partial charge < -0.3 is 9.66 Å². The van der Waals surface area contributed by atoms with Crippen LogP contribution in [0.1, 0.15) is 142 Å². The quantitative estimate of drug-likeness (QED) is 0.151. The minimum absolute atomic E-state index is 0. The molecule has 0 saturated carbocycles. The first-order chi connectivity index (χ1) is 13.5. The second-order valence-electron chi connectivity index (χ2n) is 8.45. The maximum absolute atomic E-state index is 10.6. The zero-order valence-electron chi connectivity index (χ0n) is 19.5. The summed E-state index contributed by atoms with van der Waals surface area (Å²) in [6.45, 7) is 2.27. The van der Waals surface area contributed by atoms with Crippen molar-refractivity contribution in [2.45, 2.75) is 147 Å². The minimum atomic E-state index is -4.52. The van der Waals surface area contributed by atoms with Crippen molar-refractivity contribution < 1.29 is 69.5 Å². The van der Waals surface area contributed by atoms with Crippen LogP contribution in [0, 0.1) is 0 Å². The van der Waals surface area contributed by atoms with Crippen molar-refractivity contribution in [3.8, 4) is 0 Å². The van der Waals surface area contributed by atoms with Crippen LogP contribution in [-0.2, 0) is 10.1 Å². The summed E-state index contributed by atoms with van der Waals surface area (Å²) in [5.74, 6) is 0. The predicted molar refractivity (Wildman–Crippen MR) is 118 cm³/mol. The molecule has 0 aliphatic rings. The molecule has 0 aliphatic heterocycles. The molecule has 0 aromatic rings. The second kappa shape index (κ2) is 24.2. The second-order valence-corrected chi connectivity index (χ2v) is 9.98. The first kappa shape index (κ1) is 32.7. The maximum Gasteiger partial charge on any atom is 1.00 e. The third-order valence-electron chi connectivity index (χ3n) is 5.64. The molecule has 0 rings (SSSR count). The van der Waals surface area contributed by atoms with E-state index in [-0.39, 0.29) is 57.8 Å². The van der Waals surface area contributed by atoms with Gasteiger partial charge >= 0.3 is 51.4 Å². The molecule has 0 heterocycles. The fraction of sp³-hybridized carbons (Fsp3) is 1.00. The molecule has 0 aliphatic carbocycles. The first-order valence-electron chi connectivity index (χ1n) is 12.1. The topological polar surface area (TPSA) is 77.4 Å². The monoisotopic (exact) mass is 458 g/mol. The fourth-order valence-electron chi connectivity index (χ4n) is 3.72. The normalized spacial score (nSPS) is 12.7. The van der Waals surface area contributed by atoms with Gasteiger partial charge in [-0.25, -0.2) is 8.42 Å². The number of aliphatic hydroxyl groups excluding tert-OH is 1. The average Bonchev–Trinajstić information content (AvgIpc) is 2.65. The van der Waals surface area contributed by atoms with Gasteiger partial charge in [0.1, 0.15) is 15.6 Å². The van der Waals surface area contributed by atoms with E-state index in [9.17, 15) is 13.0 Å². The Morgan fingerprint density at radius 1 is 0.586 bits per heavy atom. The van der Waals surface area contributed by atoms with E-state index in [2.05, 4.69) is 6.92 Å². The van der Waals surface area contributed by atoms with E-state index in [0.29, 0.717) is 6.42 Å². The molecule has 1 N–H and O–H groups in total. The van der Waals surface area contributed by atoms with Gasteiger partial charge in [-0.05, 0) is 12.8 Å². The zero-order valence-corrected chi connectivity index (χ0v) is 23.4. The fourth-order valence-corrected chi connectivity index (χ4v) is 4.17. The number of hydrogen-bond acceptors (Lipinski definition) is 4. The van der Waals surface area contributed by atoms with Crippen LogP contribution in [0.25, 0.3) is 0 Å². The first-order valence-corrected chi connectivity index (χ1v) is 13.6. The molecule has 29 heavy (non-hydrogen) atoms. The van der Waals surface area contributed by atoms with Gasteiger partial charge in [-0.15, -0.1) is 0 Å². The van der Waals surface area contributed by atoms with Gasteiger partial charge in [0.15, 0.2) is 0 Å². The minimum Gasteiger partial charge on any atom is -0.746 e. The van der Waals surface area contributed by atoms with Gasteiger partial charge in [0.05, 0.1) is 0 Å². The Morgan fingerprint density at radius 2 is 0.828 bits per heavy atom. The number of unbranched alkanes of at least 4 members (excludes halogenated alkanes) is 19. The van der Waals surface area contributed by atoms with Crippen LogP contribution in [0.15, 0.2) is 0 Å². The summed E-state index contributed by atoms with van der Waals surface area (Å²) in [5, 5.41) is 9.14. The van der Waals surface area contributed by atoms with E-state index in [1.165, 1.54) is 109 Å². The Bertz CT molecular complexity index is 415. The van der Waals surface area contributed by atoms with Crippen LogP contribution >= 0.6 is 0 Å². The van der Waals surface area contributed by atoms with Gasteiger partial charge in [0.25, 0.3) is 0 Å². The molecule has 0 amide bonds. The van der Waals surface area contributed by atoms with Crippen molar-refractivity contribution >= 4 is 10.1 Å². The smallest absolute Gasteiger partial charge is 0.746 e. The molecular formula is C23H47KO4S. The molecule has 0 fully saturated rings. The molecule has 0 radical (unpaired) electrons. The van der Waals surface area contributed by atoms with Crippen molar-refractivity contribution in [2.75, 3.05) is 0 Å². The van der Waals surface area contributed by atoms with Crippen molar-refractivity contribution in [3.05, 3.63) is 0 Å². The number of hydrogen-bond donors (Lipinski definition) is 1. The molecule has 0 aromatic heterocycles. The molecule has 1 atom stereocenters. The molecule has 0 saturated heterocycles. The Hall–Kier alpha value is 1.51. The molecule has 0 bridgehead atoms. The molecule has 1 unspecified atom stereocenters. The molecular weight excluding hydrogens is 411 g/mol. The summed E-state index contributed by atoms with van der Waals surface area (Å²) in [7, 11) is -4.52. The Kier molecular flexibility index (Phi) is 27.2. The van der Waals surface area contributed by atoms with Gasteiger partial charge in [-0.2, -0.15) is 0 Å². The third-order valence-corrected chi connectivity index (χ3v) is 6.54. The van der Waals surface area contributed by atoms with Crippen molar-refractivity contribution in [2.24, 2.45) is 0 Å². The molecule has 6 heteroatoms. The molecule has 4 nitrogen and oxygen atoms in total. The summed E-state index contributed by atoms with van der Waals surface area (Å²) in [5.41, 5.74) is -1.72. The molecule has 0 aromatic carbocycles. The summed E-state index contributed by atoms with van der Waals surface area (Å²) in [4.78, 5) is 0. The van der Waals surface area contributed by atoms with Crippen LogP contribution in [0.4, 0.5) is 0 Å². The maximum atomic E-state index is 10.6. The van der Waals surface area contributed by atoms with Crippen LogP contribution in [0.3, 0.4) is 0 Å². The van der Waals surface area contributed by atoms with Crippen molar-refractivity contribution in [3.63, 3.8) is 0 Å². The summed E-state index contributed by atoms with van der Waals surface area (Å²) < 4.78 is 31.7. The Morgan fingerprint density at radius 3 is 1.07 bits per heavy atom. The van der Waals surface area contributed by atoms with Gasteiger partial charge in [-0.3, -0.25) is 0 Å². The van der Waals surface area contributed by atoms with Crippen molar-refractivity contribution in [1.29, 1.82) is 0 Å². The van der Waals surface area contributed by atoms with E-state index in [1.807, 2.05) is 0 Å². The summed E-state index contributed by atoms with van der Waals surface area (Å²) in [6, 6.07) is 0. The van der Waals surface area contributed by atoms with Crippen LogP contribution in [0.5, 0.6) is 0 Å². The largest absolute Gasteiger partial charge is 1.00 e. The third kappa shape index (κ3) is 25.6. The Balaban J connectivity index is 0. The van der Waals surface area contributed by atoms with E-state index < -0.39 is 15.6 Å². The average molecular weight is 459 g/mol. The van der Waals surface area contributed by atoms with E-state index in [4.69, 9.17) is 5.11 Å². The van der Waals surface area contributed by atoms with Gasteiger partial charge in [-0.1, -0.05) is 129 Å². The zero-order chi connectivity index (χ0) is 20.9. The summed E-state index contributed by atoms with van der Waals surface area (Å²) in [6.07, 6.45) is 25.9. The SMILES string of the molecule is CCCCCCCCCCCCCCCCCCCCCCC(O)S(=O)(=O)[O-].[K+]. The van der Waals surface area contributed by atoms with Crippen LogP contribution in [-0.4, -0.2) is 23.5 Å². The Labute approximate surface area is 224 Å². The molecule has 170 valence electrons. The number of aliphatic hydroxyl groups is 1. The number of rotatable bonds is 22. The van der Waals surface area contributed by atoms with Crippen LogP contribution < -0.4 is 51.4 Å². The van der Waals surface area contributed by atoms with E-state index in [1.54, 1.807) is 0 Å². The summed E-state index contributed by atoms with van der Waals surface area (Å²) >= 11 is 0. The van der Waals surface area contributed by atoms with E-state index >= 15 is 0 Å². The standard InChI is InChI=1S/C23H48O4S.K/c1-2-3-4-5-6-7-8-9-10-11-12-13-14-15-16-17-18-19-20-21-22-23(24)28(25,26)27;/h23-24H,2-22H2,1H3,(H,25,26,27);/q;+1/p-1. The van der Waals surface area contributed by atoms with Crippen LogP contribution in [0.2, 0.25) is 0 Å². The van der Waals surface area contributed by atoms with E-state index in [0.717, 1.165) is 12.8 Å². The van der Waals surface area contributed by atoms with Crippen molar-refractivity contribution in [1.82, 2.24) is 0 Å². The predicted octanol–water partition coefficient (Wildman–Crippen LogP) is 4.07.